The second kappa shape index (κ2) is 7.55. The molecule has 0 aromatic heterocycles. The summed E-state index contributed by atoms with van der Waals surface area (Å²) in [6.07, 6.45) is -4.95. The Balaban J connectivity index is 2.72. The summed E-state index contributed by atoms with van der Waals surface area (Å²) in [6.45, 7) is 0. The molecule has 0 saturated carbocycles. The minimum Gasteiger partial charge on any atom is -0.206 e. The van der Waals surface area contributed by atoms with E-state index in [1.54, 1.807) is 0 Å². The van der Waals surface area contributed by atoms with Crippen LogP contribution in [0.1, 0.15) is 16.7 Å². The van der Waals surface area contributed by atoms with Crippen LogP contribution >= 0.6 is 31.9 Å². The molecule has 8 heteroatoms. The Morgan fingerprint density at radius 2 is 1.32 bits per heavy atom. The first-order valence-corrected chi connectivity index (χ1v) is 8.40. The largest absolute Gasteiger partial charge is 0.416 e. The zero-order valence-corrected chi connectivity index (χ0v) is 15.6. The van der Waals surface area contributed by atoms with Gasteiger partial charge in [-0.1, -0.05) is 12.1 Å². The van der Waals surface area contributed by atoms with Crippen molar-refractivity contribution in [3.8, 4) is 23.3 Å². The van der Waals surface area contributed by atoms with E-state index in [2.05, 4.69) is 31.9 Å². The summed E-state index contributed by atoms with van der Waals surface area (Å²) < 4.78 is 53.3. The Morgan fingerprint density at radius 1 is 0.880 bits per heavy atom. The SMILES string of the molecule is N#CCc1c(F)c(CC#N)c(Br)c(-c2ccc(C(F)(F)F)cc2)c1Br. The van der Waals surface area contributed by atoms with Crippen molar-refractivity contribution in [2.45, 2.75) is 19.0 Å². The van der Waals surface area contributed by atoms with Crippen LogP contribution in [-0.2, 0) is 19.0 Å². The molecule has 0 aliphatic carbocycles. The zero-order valence-electron chi connectivity index (χ0n) is 12.4. The van der Waals surface area contributed by atoms with Gasteiger partial charge in [-0.15, -0.1) is 0 Å². The van der Waals surface area contributed by atoms with Crippen LogP contribution in [0.3, 0.4) is 0 Å². The van der Waals surface area contributed by atoms with E-state index in [0.717, 1.165) is 12.1 Å². The van der Waals surface area contributed by atoms with E-state index in [-0.39, 0.29) is 32.9 Å². The molecule has 0 spiro atoms. The molecule has 0 unspecified atom stereocenters. The van der Waals surface area contributed by atoms with Gasteiger partial charge in [-0.2, -0.15) is 23.7 Å². The van der Waals surface area contributed by atoms with Gasteiger partial charge in [0.2, 0.25) is 0 Å². The smallest absolute Gasteiger partial charge is 0.206 e. The van der Waals surface area contributed by atoms with Gasteiger partial charge < -0.3 is 0 Å². The second-order valence-electron chi connectivity index (χ2n) is 5.02. The molecule has 0 amide bonds. The first-order chi connectivity index (χ1) is 11.7. The number of hydrogen-bond acceptors (Lipinski definition) is 2. The summed E-state index contributed by atoms with van der Waals surface area (Å²) in [5, 5.41) is 17.8. The molecule has 2 rings (SSSR count). The van der Waals surface area contributed by atoms with Crippen molar-refractivity contribution in [1.29, 1.82) is 10.5 Å². The monoisotopic (exact) mass is 474 g/mol. The minimum absolute atomic E-state index is 0.0610. The maximum atomic E-state index is 14.6. The third-order valence-corrected chi connectivity index (χ3v) is 5.26. The number of benzene rings is 2. The highest BCUT2D eigenvalue weighted by Crippen LogP contribution is 2.42. The van der Waals surface area contributed by atoms with Crippen molar-refractivity contribution >= 4 is 31.9 Å². The van der Waals surface area contributed by atoms with Crippen LogP contribution in [0.25, 0.3) is 11.1 Å². The molecule has 2 aromatic rings. The standard InChI is InChI=1S/C17H8Br2F4N2/c18-14-11(5-7-24)16(20)12(6-8-25)15(19)13(14)9-1-3-10(4-2-9)17(21,22)23/h1-4H,5-6H2. The number of rotatable bonds is 3. The van der Waals surface area contributed by atoms with Crippen LogP contribution in [0.5, 0.6) is 0 Å². The van der Waals surface area contributed by atoms with E-state index in [1.165, 1.54) is 12.1 Å². The molecule has 0 heterocycles. The van der Waals surface area contributed by atoms with Gasteiger partial charge in [0.25, 0.3) is 0 Å². The lowest BCUT2D eigenvalue weighted by atomic mass is 9.96. The number of nitrogens with zero attached hydrogens (tertiary/aromatic N) is 2. The van der Waals surface area contributed by atoms with E-state index in [1.807, 2.05) is 12.1 Å². The highest BCUT2D eigenvalue weighted by molar-refractivity contribution is 9.11. The summed E-state index contributed by atoms with van der Waals surface area (Å²) in [7, 11) is 0. The van der Waals surface area contributed by atoms with Crippen LogP contribution in [0.4, 0.5) is 17.6 Å². The lowest BCUT2D eigenvalue weighted by Gasteiger charge is -2.17. The van der Waals surface area contributed by atoms with Crippen LogP contribution < -0.4 is 0 Å². The van der Waals surface area contributed by atoms with Gasteiger partial charge in [-0.25, -0.2) is 4.39 Å². The Kier molecular flexibility index (Phi) is 5.87. The molecule has 0 aliphatic heterocycles. The molecule has 0 fully saturated rings. The number of halogens is 6. The first-order valence-electron chi connectivity index (χ1n) is 6.82. The minimum atomic E-state index is -4.46. The van der Waals surface area contributed by atoms with Gasteiger partial charge in [0, 0.05) is 25.6 Å². The summed E-state index contributed by atoms with van der Waals surface area (Å²) in [6, 6.07) is 8.06. The Labute approximate surface area is 157 Å². The first kappa shape index (κ1) is 19.4. The molecule has 0 atom stereocenters. The maximum absolute atomic E-state index is 14.6. The van der Waals surface area contributed by atoms with E-state index >= 15 is 0 Å². The van der Waals surface area contributed by atoms with Crippen LogP contribution in [0.15, 0.2) is 33.2 Å². The highest BCUT2D eigenvalue weighted by Gasteiger charge is 2.30. The fourth-order valence-electron chi connectivity index (χ4n) is 2.32. The Morgan fingerprint density at radius 3 is 1.68 bits per heavy atom. The zero-order chi connectivity index (χ0) is 18.8. The number of nitriles is 2. The predicted octanol–water partition coefficient (Wildman–Crippen LogP) is 6.17. The molecule has 0 saturated heterocycles. The molecular weight excluding hydrogens is 468 g/mol. The molecule has 25 heavy (non-hydrogen) atoms. The average Bonchev–Trinajstić information content (AvgIpc) is 2.55. The summed E-state index contributed by atoms with van der Waals surface area (Å²) in [5.74, 6) is -0.683. The van der Waals surface area contributed by atoms with Crippen LogP contribution in [0, 0.1) is 28.5 Å². The maximum Gasteiger partial charge on any atom is 0.416 e. The molecule has 2 aromatic carbocycles. The van der Waals surface area contributed by atoms with Gasteiger partial charge in [0.1, 0.15) is 5.82 Å². The summed E-state index contributed by atoms with van der Waals surface area (Å²) in [4.78, 5) is 0. The second-order valence-corrected chi connectivity index (χ2v) is 6.60. The summed E-state index contributed by atoms with van der Waals surface area (Å²) >= 11 is 6.48. The highest BCUT2D eigenvalue weighted by atomic mass is 79.9. The summed E-state index contributed by atoms with van der Waals surface area (Å²) in [5.41, 5.74) is 0.104. The third-order valence-electron chi connectivity index (χ3n) is 3.51. The molecule has 2 nitrogen and oxygen atoms in total. The van der Waals surface area contributed by atoms with Crippen molar-refractivity contribution in [2.75, 3.05) is 0 Å². The topological polar surface area (TPSA) is 47.6 Å². The van der Waals surface area contributed by atoms with Crippen LogP contribution in [-0.4, -0.2) is 0 Å². The normalized spacial score (nSPS) is 11.0. The lowest BCUT2D eigenvalue weighted by molar-refractivity contribution is -0.137. The third kappa shape index (κ3) is 3.86. The van der Waals surface area contributed by atoms with Crippen molar-refractivity contribution in [1.82, 2.24) is 0 Å². The van der Waals surface area contributed by atoms with E-state index in [0.29, 0.717) is 11.1 Å². The van der Waals surface area contributed by atoms with Gasteiger partial charge in [-0.05, 0) is 49.6 Å². The van der Waals surface area contributed by atoms with Crippen molar-refractivity contribution < 1.29 is 17.6 Å². The molecular formula is C17H8Br2F4N2. The number of hydrogen-bond donors (Lipinski definition) is 0. The molecule has 0 radical (unpaired) electrons. The Hall–Kier alpha value is -1.90. The average molecular weight is 476 g/mol. The molecule has 0 bridgehead atoms. The van der Waals surface area contributed by atoms with Crippen molar-refractivity contribution in [3.05, 3.63) is 55.7 Å². The molecule has 128 valence electrons. The quantitative estimate of drug-likeness (QED) is 0.498. The number of alkyl halides is 3. The molecule has 0 N–H and O–H groups in total. The predicted molar refractivity (Wildman–Crippen MR) is 90.9 cm³/mol. The van der Waals surface area contributed by atoms with Gasteiger partial charge in [0.05, 0.1) is 30.5 Å². The van der Waals surface area contributed by atoms with Crippen LogP contribution in [0.2, 0.25) is 0 Å². The lowest BCUT2D eigenvalue weighted by Crippen LogP contribution is -2.05. The van der Waals surface area contributed by atoms with E-state index in [4.69, 9.17) is 10.5 Å². The van der Waals surface area contributed by atoms with Crippen molar-refractivity contribution in [2.24, 2.45) is 0 Å². The van der Waals surface area contributed by atoms with Gasteiger partial charge in [0.15, 0.2) is 0 Å². The van der Waals surface area contributed by atoms with Crippen molar-refractivity contribution in [3.63, 3.8) is 0 Å². The molecule has 0 aliphatic rings. The van der Waals surface area contributed by atoms with E-state index in [9.17, 15) is 17.6 Å². The Bertz CT molecular complexity index is 848. The van der Waals surface area contributed by atoms with E-state index < -0.39 is 17.6 Å². The fraction of sp³-hybridized carbons (Fsp3) is 0.176. The van der Waals surface area contributed by atoms with Gasteiger partial charge in [-0.3, -0.25) is 0 Å². The van der Waals surface area contributed by atoms with Gasteiger partial charge >= 0.3 is 6.18 Å². The fourth-order valence-corrected chi connectivity index (χ4v) is 4.07.